The molecule has 2 aromatic rings. The number of aromatic nitrogens is 2. The molecule has 0 N–H and O–H groups in total. The second-order valence-electron chi connectivity index (χ2n) is 7.01. The molecule has 138 valence electrons. The molecule has 0 amide bonds. The Labute approximate surface area is 149 Å². The van der Waals surface area contributed by atoms with Gasteiger partial charge in [-0.1, -0.05) is 6.07 Å². The van der Waals surface area contributed by atoms with Gasteiger partial charge >= 0.3 is 19.3 Å². The third kappa shape index (κ3) is 3.68. The van der Waals surface area contributed by atoms with Crippen LogP contribution in [0.3, 0.4) is 0 Å². The Hall–Kier alpha value is -2.13. The summed E-state index contributed by atoms with van der Waals surface area (Å²) in [5.41, 5.74) is -1.20. The van der Waals surface area contributed by atoms with Gasteiger partial charge < -0.3 is 14.0 Å². The fraction of sp³-hybridized carbons (Fsp3) is 0.412. The van der Waals surface area contributed by atoms with Crippen LogP contribution in [-0.2, 0) is 15.5 Å². The van der Waals surface area contributed by atoms with Crippen molar-refractivity contribution in [1.29, 1.82) is 0 Å². The highest BCUT2D eigenvalue weighted by Gasteiger charge is 2.52. The lowest BCUT2D eigenvalue weighted by molar-refractivity contribution is -0.137. The van der Waals surface area contributed by atoms with Crippen molar-refractivity contribution in [2.24, 2.45) is 0 Å². The minimum atomic E-state index is -4.44. The van der Waals surface area contributed by atoms with Crippen LogP contribution >= 0.6 is 0 Å². The predicted molar refractivity (Wildman–Crippen MR) is 89.3 cm³/mol. The molecule has 1 saturated heterocycles. The van der Waals surface area contributed by atoms with Gasteiger partial charge in [-0.25, -0.2) is 9.97 Å². The van der Waals surface area contributed by atoms with Crippen molar-refractivity contribution in [3.05, 3.63) is 42.2 Å². The highest BCUT2D eigenvalue weighted by Crippen LogP contribution is 2.36. The van der Waals surface area contributed by atoms with Crippen LogP contribution in [0.1, 0.15) is 33.3 Å². The van der Waals surface area contributed by atoms with Gasteiger partial charge in [-0.2, -0.15) is 13.2 Å². The Morgan fingerprint density at radius 2 is 1.58 bits per heavy atom. The molecule has 2 heterocycles. The van der Waals surface area contributed by atoms with Crippen LogP contribution in [0, 0.1) is 0 Å². The number of nitrogens with zero attached hydrogens (tertiary/aromatic N) is 2. The quantitative estimate of drug-likeness (QED) is 0.778. The van der Waals surface area contributed by atoms with Gasteiger partial charge in [-0.05, 0) is 45.9 Å². The number of rotatable bonds is 3. The molecule has 0 unspecified atom stereocenters. The molecule has 26 heavy (non-hydrogen) atoms. The van der Waals surface area contributed by atoms with Gasteiger partial charge in [-0.15, -0.1) is 0 Å². The topological polar surface area (TPSA) is 53.5 Å². The van der Waals surface area contributed by atoms with Crippen molar-refractivity contribution in [2.45, 2.75) is 45.1 Å². The zero-order valence-corrected chi connectivity index (χ0v) is 14.8. The van der Waals surface area contributed by atoms with Crippen LogP contribution in [0.2, 0.25) is 0 Å². The first-order chi connectivity index (χ1) is 12.0. The maximum atomic E-state index is 12.7. The Bertz CT molecular complexity index is 779. The van der Waals surface area contributed by atoms with Crippen molar-refractivity contribution >= 4 is 12.6 Å². The van der Waals surface area contributed by atoms with Gasteiger partial charge in [0, 0.05) is 17.9 Å². The molecular formula is C17H18BF3N2O3. The Morgan fingerprint density at radius 3 is 2.12 bits per heavy atom. The largest absolute Gasteiger partial charge is 0.498 e. The van der Waals surface area contributed by atoms with Crippen molar-refractivity contribution in [3.63, 3.8) is 0 Å². The average Bonchev–Trinajstić information content (AvgIpc) is 2.75. The number of ether oxygens (including phenoxy) is 1. The maximum absolute atomic E-state index is 12.7. The van der Waals surface area contributed by atoms with E-state index < -0.39 is 30.1 Å². The van der Waals surface area contributed by atoms with Crippen LogP contribution in [0.5, 0.6) is 11.8 Å². The monoisotopic (exact) mass is 366 g/mol. The summed E-state index contributed by atoms with van der Waals surface area (Å²) < 4.78 is 55.3. The smallest absolute Gasteiger partial charge is 0.424 e. The highest BCUT2D eigenvalue weighted by atomic mass is 19.4. The fourth-order valence-corrected chi connectivity index (χ4v) is 2.32. The summed E-state index contributed by atoms with van der Waals surface area (Å²) in [5.74, 6) is 0.00297. The van der Waals surface area contributed by atoms with E-state index in [1.807, 2.05) is 27.7 Å². The first-order valence-electron chi connectivity index (χ1n) is 8.01. The molecular weight excluding hydrogens is 348 g/mol. The minimum Gasteiger partial charge on any atom is -0.424 e. The summed E-state index contributed by atoms with van der Waals surface area (Å²) in [6.07, 6.45) is -1.50. The molecule has 0 radical (unpaired) electrons. The van der Waals surface area contributed by atoms with E-state index in [0.717, 1.165) is 12.1 Å². The molecule has 1 fully saturated rings. The van der Waals surface area contributed by atoms with Crippen LogP contribution in [0.15, 0.2) is 36.7 Å². The second-order valence-corrected chi connectivity index (χ2v) is 7.01. The zero-order valence-electron chi connectivity index (χ0n) is 14.8. The Balaban J connectivity index is 1.73. The van der Waals surface area contributed by atoms with Crippen LogP contribution in [0.4, 0.5) is 13.2 Å². The summed E-state index contributed by atoms with van der Waals surface area (Å²) in [6, 6.07) is 4.46. The molecule has 5 nitrogen and oxygen atoms in total. The van der Waals surface area contributed by atoms with Crippen LogP contribution < -0.4 is 10.2 Å². The van der Waals surface area contributed by atoms with Crippen molar-refractivity contribution in [3.8, 4) is 11.8 Å². The number of alkyl halides is 3. The summed E-state index contributed by atoms with van der Waals surface area (Å²) in [5, 5.41) is 0. The molecule has 0 atom stereocenters. The lowest BCUT2D eigenvalue weighted by atomic mass is 9.81. The SMILES string of the molecule is CC1(C)OB(c2cnc(Oc3cccc(C(F)(F)F)c3)nc2)OC1(C)C. The summed E-state index contributed by atoms with van der Waals surface area (Å²) >= 11 is 0. The van der Waals surface area contributed by atoms with Crippen LogP contribution in [-0.4, -0.2) is 28.3 Å². The van der Waals surface area contributed by atoms with Crippen molar-refractivity contribution in [2.75, 3.05) is 0 Å². The van der Waals surface area contributed by atoms with Crippen LogP contribution in [0.25, 0.3) is 0 Å². The normalized spacial score (nSPS) is 18.8. The first-order valence-corrected chi connectivity index (χ1v) is 8.01. The fourth-order valence-electron chi connectivity index (χ4n) is 2.32. The first kappa shape index (κ1) is 18.7. The van der Waals surface area contributed by atoms with Gasteiger partial charge in [0.15, 0.2) is 0 Å². The highest BCUT2D eigenvalue weighted by molar-refractivity contribution is 6.61. The molecule has 0 saturated carbocycles. The predicted octanol–water partition coefficient (Wildman–Crippen LogP) is 3.59. The Kier molecular flexibility index (Phi) is 4.48. The van der Waals surface area contributed by atoms with E-state index in [0.29, 0.717) is 5.46 Å². The van der Waals surface area contributed by atoms with Gasteiger partial charge in [0.2, 0.25) is 0 Å². The molecule has 1 aromatic heterocycles. The minimum absolute atomic E-state index is 0.00297. The van der Waals surface area contributed by atoms with Gasteiger partial charge in [0.25, 0.3) is 0 Å². The Morgan fingerprint density at radius 1 is 1.00 bits per heavy atom. The van der Waals surface area contributed by atoms with E-state index in [1.54, 1.807) is 0 Å². The third-order valence-corrected chi connectivity index (χ3v) is 4.54. The average molecular weight is 366 g/mol. The standard InChI is InChI=1S/C17H18BF3N2O3/c1-15(2)16(3,4)26-18(25-15)12-9-22-14(23-10-12)24-13-7-5-6-11(8-13)17(19,20)21/h5-10H,1-4H3. The molecule has 3 rings (SSSR count). The van der Waals surface area contributed by atoms with Gasteiger partial charge in [0.1, 0.15) is 5.75 Å². The summed E-state index contributed by atoms with van der Waals surface area (Å²) in [4.78, 5) is 8.06. The number of benzene rings is 1. The number of hydrogen-bond acceptors (Lipinski definition) is 5. The van der Waals surface area contributed by atoms with E-state index in [4.69, 9.17) is 14.0 Å². The zero-order chi connectivity index (χ0) is 19.2. The molecule has 1 aromatic carbocycles. The third-order valence-electron chi connectivity index (χ3n) is 4.54. The van der Waals surface area contributed by atoms with E-state index >= 15 is 0 Å². The van der Waals surface area contributed by atoms with Gasteiger partial charge in [0.05, 0.1) is 16.8 Å². The number of halogens is 3. The molecule has 1 aliphatic heterocycles. The molecule has 0 aliphatic carbocycles. The molecule has 1 aliphatic rings. The van der Waals surface area contributed by atoms with Crippen molar-refractivity contribution < 1.29 is 27.2 Å². The lowest BCUT2D eigenvalue weighted by Gasteiger charge is -2.32. The van der Waals surface area contributed by atoms with E-state index in [2.05, 4.69) is 9.97 Å². The maximum Gasteiger partial charge on any atom is 0.498 e. The molecule has 9 heteroatoms. The van der Waals surface area contributed by atoms with Gasteiger partial charge in [-0.3, -0.25) is 0 Å². The van der Waals surface area contributed by atoms with E-state index in [1.165, 1.54) is 24.5 Å². The molecule has 0 bridgehead atoms. The number of hydrogen-bond donors (Lipinski definition) is 0. The summed E-state index contributed by atoms with van der Waals surface area (Å²) in [7, 11) is -0.623. The molecule has 0 spiro atoms. The second kappa shape index (κ2) is 6.24. The van der Waals surface area contributed by atoms with E-state index in [-0.39, 0.29) is 11.8 Å². The lowest BCUT2D eigenvalue weighted by Crippen LogP contribution is -2.41. The van der Waals surface area contributed by atoms with E-state index in [9.17, 15) is 13.2 Å². The summed E-state index contributed by atoms with van der Waals surface area (Å²) in [6.45, 7) is 7.72. The van der Waals surface area contributed by atoms with Crippen molar-refractivity contribution in [1.82, 2.24) is 9.97 Å².